The number of pyridine rings is 1. The Hall–Kier alpha value is -2.89. The SMILES string of the molecule is C[C@@H]1CC(n2c(Cc3csnn3)nc3cnc4ccc(C#N)cc4c32)CCO1. The molecule has 1 aliphatic heterocycles. The van der Waals surface area contributed by atoms with Gasteiger partial charge in [-0.3, -0.25) is 4.98 Å². The second-order valence-corrected chi connectivity index (χ2v) is 7.78. The largest absolute Gasteiger partial charge is 0.378 e. The van der Waals surface area contributed by atoms with Gasteiger partial charge in [-0.15, -0.1) is 5.10 Å². The predicted octanol–water partition coefficient (Wildman–Crippen LogP) is 3.64. The molecular formula is C20H18N6OS. The minimum atomic E-state index is 0.202. The maximum atomic E-state index is 9.37. The molecular weight excluding hydrogens is 372 g/mol. The summed E-state index contributed by atoms with van der Waals surface area (Å²) in [7, 11) is 0. The van der Waals surface area contributed by atoms with Crippen LogP contribution in [-0.4, -0.2) is 36.8 Å². The van der Waals surface area contributed by atoms with Crippen molar-refractivity contribution in [3.8, 4) is 6.07 Å². The van der Waals surface area contributed by atoms with Gasteiger partial charge in [0.1, 0.15) is 11.3 Å². The van der Waals surface area contributed by atoms with Gasteiger partial charge < -0.3 is 9.30 Å². The number of hydrogen-bond donors (Lipinski definition) is 0. The fraction of sp³-hybridized carbons (Fsp3) is 0.350. The number of hydrogen-bond acceptors (Lipinski definition) is 7. The monoisotopic (exact) mass is 390 g/mol. The molecule has 0 spiro atoms. The zero-order chi connectivity index (χ0) is 19.1. The average Bonchev–Trinajstić information content (AvgIpc) is 3.35. The number of benzene rings is 1. The van der Waals surface area contributed by atoms with Gasteiger partial charge in [0.15, 0.2) is 0 Å². The minimum absolute atomic E-state index is 0.202. The molecule has 4 heterocycles. The van der Waals surface area contributed by atoms with Crippen LogP contribution in [0.2, 0.25) is 0 Å². The summed E-state index contributed by atoms with van der Waals surface area (Å²) in [6.07, 6.45) is 4.50. The van der Waals surface area contributed by atoms with E-state index in [-0.39, 0.29) is 12.1 Å². The molecule has 0 bridgehead atoms. The van der Waals surface area contributed by atoms with Gasteiger partial charge in [0, 0.05) is 23.4 Å². The van der Waals surface area contributed by atoms with E-state index in [4.69, 9.17) is 9.72 Å². The standard InChI is InChI=1S/C20H18N6OS/c1-12-6-15(4-5-27-12)26-19(8-14-11-28-25-24-14)23-18-10-22-17-3-2-13(9-21)7-16(17)20(18)26/h2-3,7,10-12,15H,4-6,8H2,1H3/t12-,15?/m1/s1. The maximum absolute atomic E-state index is 9.37. The molecule has 5 rings (SSSR count). The Morgan fingerprint density at radius 1 is 1.36 bits per heavy atom. The molecule has 1 unspecified atom stereocenters. The van der Waals surface area contributed by atoms with E-state index in [2.05, 4.69) is 32.1 Å². The van der Waals surface area contributed by atoms with E-state index in [0.29, 0.717) is 12.0 Å². The normalized spacial score (nSPS) is 19.9. The van der Waals surface area contributed by atoms with Gasteiger partial charge in [0.2, 0.25) is 0 Å². The maximum Gasteiger partial charge on any atom is 0.116 e. The Morgan fingerprint density at radius 2 is 2.29 bits per heavy atom. The molecule has 0 radical (unpaired) electrons. The fourth-order valence-electron chi connectivity index (χ4n) is 4.04. The van der Waals surface area contributed by atoms with Crippen LogP contribution >= 0.6 is 11.5 Å². The molecule has 1 aliphatic rings. The number of aromatic nitrogens is 5. The predicted molar refractivity (Wildman–Crippen MR) is 106 cm³/mol. The first-order valence-corrected chi connectivity index (χ1v) is 10.1. The lowest BCUT2D eigenvalue weighted by molar-refractivity contribution is 0.00631. The second-order valence-electron chi connectivity index (χ2n) is 7.17. The van der Waals surface area contributed by atoms with Crippen LogP contribution in [0.3, 0.4) is 0 Å². The summed E-state index contributed by atoms with van der Waals surface area (Å²) in [6.45, 7) is 2.85. The molecule has 1 aromatic carbocycles. The van der Waals surface area contributed by atoms with E-state index in [9.17, 15) is 5.26 Å². The van der Waals surface area contributed by atoms with Crippen LogP contribution < -0.4 is 0 Å². The first-order chi connectivity index (χ1) is 13.7. The van der Waals surface area contributed by atoms with Crippen molar-refractivity contribution in [2.75, 3.05) is 6.61 Å². The second kappa shape index (κ2) is 6.93. The van der Waals surface area contributed by atoms with Crippen LogP contribution in [-0.2, 0) is 11.2 Å². The highest BCUT2D eigenvalue weighted by Gasteiger charge is 2.26. The number of nitrogens with zero attached hydrogens (tertiary/aromatic N) is 6. The summed E-state index contributed by atoms with van der Waals surface area (Å²) in [5.41, 5.74) is 4.30. The van der Waals surface area contributed by atoms with Crippen molar-refractivity contribution in [1.82, 2.24) is 24.1 Å². The lowest BCUT2D eigenvalue weighted by Gasteiger charge is -2.30. The molecule has 2 atom stereocenters. The molecule has 4 aromatic rings. The van der Waals surface area contributed by atoms with Gasteiger partial charge in [-0.25, -0.2) is 4.98 Å². The molecule has 28 heavy (non-hydrogen) atoms. The Balaban J connectivity index is 1.77. The fourth-order valence-corrected chi connectivity index (χ4v) is 4.50. The highest BCUT2D eigenvalue weighted by Crippen LogP contribution is 2.34. The Bertz CT molecular complexity index is 1190. The van der Waals surface area contributed by atoms with Crippen molar-refractivity contribution < 1.29 is 4.74 Å². The topological polar surface area (TPSA) is 89.5 Å². The van der Waals surface area contributed by atoms with Crippen LogP contribution in [0.25, 0.3) is 21.9 Å². The molecule has 3 aromatic heterocycles. The summed E-state index contributed by atoms with van der Waals surface area (Å²) >= 11 is 1.35. The average molecular weight is 390 g/mol. The van der Waals surface area contributed by atoms with E-state index >= 15 is 0 Å². The molecule has 0 N–H and O–H groups in total. The molecule has 1 saturated heterocycles. The molecule has 0 aliphatic carbocycles. The van der Waals surface area contributed by atoms with Gasteiger partial charge in [-0.05, 0) is 49.5 Å². The molecule has 0 saturated carbocycles. The third-order valence-corrected chi connectivity index (χ3v) is 5.84. The zero-order valence-electron chi connectivity index (χ0n) is 15.4. The van der Waals surface area contributed by atoms with E-state index < -0.39 is 0 Å². The van der Waals surface area contributed by atoms with Crippen molar-refractivity contribution in [1.29, 1.82) is 5.26 Å². The summed E-state index contributed by atoms with van der Waals surface area (Å²) in [4.78, 5) is 9.47. The third-order valence-electron chi connectivity index (χ3n) is 5.28. The number of imidazole rings is 1. The number of ether oxygens (including phenoxy) is 1. The summed E-state index contributed by atoms with van der Waals surface area (Å²) in [5, 5.41) is 16.5. The number of nitriles is 1. The van der Waals surface area contributed by atoms with E-state index in [0.717, 1.165) is 52.9 Å². The quantitative estimate of drug-likeness (QED) is 0.530. The smallest absolute Gasteiger partial charge is 0.116 e. The van der Waals surface area contributed by atoms with Crippen molar-refractivity contribution in [2.45, 2.75) is 38.3 Å². The van der Waals surface area contributed by atoms with Gasteiger partial charge in [0.05, 0.1) is 47.1 Å². The van der Waals surface area contributed by atoms with E-state index in [1.165, 1.54) is 11.5 Å². The highest BCUT2D eigenvalue weighted by molar-refractivity contribution is 7.03. The molecule has 1 fully saturated rings. The first kappa shape index (κ1) is 17.2. The van der Waals surface area contributed by atoms with Crippen LogP contribution in [0.15, 0.2) is 29.8 Å². The van der Waals surface area contributed by atoms with Crippen molar-refractivity contribution in [3.05, 3.63) is 46.9 Å². The summed E-state index contributed by atoms with van der Waals surface area (Å²) in [6, 6.07) is 8.15. The van der Waals surface area contributed by atoms with E-state index in [1.54, 1.807) is 6.07 Å². The minimum Gasteiger partial charge on any atom is -0.378 e. The Labute approximate surface area is 165 Å². The lowest BCUT2D eigenvalue weighted by atomic mass is 10.0. The van der Waals surface area contributed by atoms with Crippen LogP contribution in [0.5, 0.6) is 0 Å². The van der Waals surface area contributed by atoms with Gasteiger partial charge >= 0.3 is 0 Å². The summed E-state index contributed by atoms with van der Waals surface area (Å²) < 4.78 is 12.1. The molecule has 0 amide bonds. The van der Waals surface area contributed by atoms with Crippen molar-refractivity contribution in [3.63, 3.8) is 0 Å². The van der Waals surface area contributed by atoms with Gasteiger partial charge in [-0.2, -0.15) is 5.26 Å². The van der Waals surface area contributed by atoms with Gasteiger partial charge in [-0.1, -0.05) is 4.49 Å². The van der Waals surface area contributed by atoms with Crippen molar-refractivity contribution >= 4 is 33.5 Å². The summed E-state index contributed by atoms with van der Waals surface area (Å²) in [5.74, 6) is 0.957. The zero-order valence-corrected chi connectivity index (χ0v) is 16.2. The number of fused-ring (bicyclic) bond motifs is 3. The van der Waals surface area contributed by atoms with Crippen LogP contribution in [0.4, 0.5) is 0 Å². The van der Waals surface area contributed by atoms with Crippen LogP contribution in [0.1, 0.15) is 42.9 Å². The molecule has 140 valence electrons. The molecule has 8 heteroatoms. The lowest BCUT2D eigenvalue weighted by Crippen LogP contribution is -2.26. The number of rotatable bonds is 3. The van der Waals surface area contributed by atoms with E-state index in [1.807, 2.05) is 23.7 Å². The van der Waals surface area contributed by atoms with Gasteiger partial charge in [0.25, 0.3) is 0 Å². The third kappa shape index (κ3) is 2.93. The molecule has 7 nitrogen and oxygen atoms in total. The van der Waals surface area contributed by atoms with Crippen LogP contribution in [0, 0.1) is 11.3 Å². The van der Waals surface area contributed by atoms with Crippen molar-refractivity contribution in [2.24, 2.45) is 0 Å². The highest BCUT2D eigenvalue weighted by atomic mass is 32.1. The Kier molecular flexibility index (Phi) is 4.26. The first-order valence-electron chi connectivity index (χ1n) is 9.30. The Morgan fingerprint density at radius 3 is 3.07 bits per heavy atom.